The number of hydrogen-bond acceptors (Lipinski definition) is 4. The number of likely N-dealkylation sites (tertiary alicyclic amines) is 1. The maximum Gasteiger partial charge on any atom is 0.251 e. The van der Waals surface area contributed by atoms with Crippen molar-refractivity contribution in [3.63, 3.8) is 0 Å². The molecule has 1 saturated heterocycles. The fraction of sp³-hybridized carbons (Fsp3) is 0.452. The van der Waals surface area contributed by atoms with Gasteiger partial charge in [0.1, 0.15) is 0 Å². The minimum Gasteiger partial charge on any atom is -0.375 e. The average molecular weight is 491 g/mol. The summed E-state index contributed by atoms with van der Waals surface area (Å²) in [4.78, 5) is 30.0. The molecule has 0 atom stereocenters. The van der Waals surface area contributed by atoms with Crippen LogP contribution in [0.2, 0.25) is 0 Å². The van der Waals surface area contributed by atoms with Gasteiger partial charge in [-0.25, -0.2) is 0 Å². The molecule has 5 nitrogen and oxygen atoms in total. The van der Waals surface area contributed by atoms with E-state index in [-0.39, 0.29) is 18.8 Å². The Morgan fingerprint density at radius 1 is 1.11 bits per heavy atom. The highest BCUT2D eigenvalue weighted by Crippen LogP contribution is 2.27. The lowest BCUT2D eigenvalue weighted by Gasteiger charge is -2.36. The van der Waals surface area contributed by atoms with Gasteiger partial charge in [0.25, 0.3) is 5.56 Å². The Labute approximate surface area is 219 Å². The van der Waals surface area contributed by atoms with Gasteiger partial charge in [0.2, 0.25) is 5.78 Å². The van der Waals surface area contributed by atoms with Crippen molar-refractivity contribution >= 4 is 22.4 Å². The first kappa shape index (κ1) is 30.6. The topological polar surface area (TPSA) is 54.7 Å². The second kappa shape index (κ2) is 15.6. The number of rotatable bonds is 5. The molecule has 1 aliphatic heterocycles. The summed E-state index contributed by atoms with van der Waals surface area (Å²) in [5, 5.41) is 1.13. The van der Waals surface area contributed by atoms with E-state index in [0.717, 1.165) is 49.1 Å². The van der Waals surface area contributed by atoms with Crippen LogP contribution in [-0.4, -0.2) is 40.6 Å². The van der Waals surface area contributed by atoms with E-state index in [1.165, 1.54) is 11.3 Å². The summed E-state index contributed by atoms with van der Waals surface area (Å²) in [5.41, 5.74) is 5.49. The lowest BCUT2D eigenvalue weighted by molar-refractivity contribution is -0.110. The highest BCUT2D eigenvalue weighted by Gasteiger charge is 2.23. The number of benzene rings is 1. The first-order chi connectivity index (χ1) is 17.2. The Bertz CT molecular complexity index is 1210. The monoisotopic (exact) mass is 490 g/mol. The van der Waals surface area contributed by atoms with Crippen LogP contribution in [0.4, 0.5) is 0 Å². The van der Waals surface area contributed by atoms with E-state index < -0.39 is 0 Å². The number of Topliss-reactive ketones (excluding diaryl/α,β-unsaturated/α-hetero) is 1. The molecular formula is C31H44N3O2. The van der Waals surface area contributed by atoms with Gasteiger partial charge in [-0.2, -0.15) is 0 Å². The summed E-state index contributed by atoms with van der Waals surface area (Å²) in [6.45, 7) is 18.8. The zero-order valence-corrected chi connectivity index (χ0v) is 23.4. The van der Waals surface area contributed by atoms with Crippen LogP contribution in [0, 0.1) is 12.3 Å². The van der Waals surface area contributed by atoms with Crippen molar-refractivity contribution in [1.82, 2.24) is 9.47 Å². The minimum absolute atomic E-state index is 0. The van der Waals surface area contributed by atoms with Gasteiger partial charge in [0, 0.05) is 50.2 Å². The van der Waals surface area contributed by atoms with Crippen LogP contribution in [-0.2, 0) is 4.79 Å². The molecule has 0 bridgehead atoms. The zero-order valence-electron chi connectivity index (χ0n) is 24.4. The predicted octanol–water partition coefficient (Wildman–Crippen LogP) is 6.71. The largest absolute Gasteiger partial charge is 0.375 e. The van der Waals surface area contributed by atoms with Crippen LogP contribution in [0.25, 0.3) is 10.9 Å². The number of aromatic nitrogens is 1. The molecular weight excluding hydrogens is 446 g/mol. The first-order valence-corrected chi connectivity index (χ1v) is 12.9. The van der Waals surface area contributed by atoms with Crippen molar-refractivity contribution in [1.29, 1.82) is 0 Å². The van der Waals surface area contributed by atoms with E-state index in [4.69, 9.17) is 6.42 Å². The smallest absolute Gasteiger partial charge is 0.251 e. The zero-order chi connectivity index (χ0) is 27.3. The molecule has 1 radical (unpaired) electrons. The number of hydrogen-bond donors (Lipinski definition) is 0. The van der Waals surface area contributed by atoms with Crippen LogP contribution >= 0.6 is 0 Å². The Balaban J connectivity index is 0.00000101. The van der Waals surface area contributed by atoms with Gasteiger partial charge in [-0.05, 0) is 83.4 Å². The van der Waals surface area contributed by atoms with Crippen molar-refractivity contribution in [2.45, 2.75) is 74.3 Å². The van der Waals surface area contributed by atoms with Crippen LogP contribution in [0.3, 0.4) is 0 Å². The van der Waals surface area contributed by atoms with Gasteiger partial charge in [0.05, 0.1) is 5.52 Å². The predicted molar refractivity (Wildman–Crippen MR) is 156 cm³/mol. The Morgan fingerprint density at radius 3 is 2.25 bits per heavy atom. The molecule has 1 aromatic carbocycles. The second-order valence-electron chi connectivity index (χ2n) is 8.53. The summed E-state index contributed by atoms with van der Waals surface area (Å²) in [5.74, 6) is 1.78. The van der Waals surface area contributed by atoms with Crippen molar-refractivity contribution in [2.75, 3.05) is 19.6 Å². The van der Waals surface area contributed by atoms with E-state index in [1.54, 1.807) is 26.0 Å². The number of ketones is 1. The molecule has 0 spiro atoms. The number of fused-ring (bicyclic) bond motifs is 1. The fourth-order valence-corrected chi connectivity index (χ4v) is 4.14. The average Bonchev–Trinajstić information content (AvgIpc) is 2.93. The summed E-state index contributed by atoms with van der Waals surface area (Å²) in [7, 11) is 0. The number of terminal acetylenes is 1. The van der Waals surface area contributed by atoms with E-state index in [0.29, 0.717) is 5.57 Å². The molecule has 2 aromatic rings. The van der Waals surface area contributed by atoms with Crippen LogP contribution in [0.15, 0.2) is 69.1 Å². The number of nitrogens with zero attached hydrogens (tertiary/aromatic N) is 3. The summed E-state index contributed by atoms with van der Waals surface area (Å²) in [6, 6.07) is 12.1. The lowest BCUT2D eigenvalue weighted by Crippen LogP contribution is -2.37. The highest BCUT2D eigenvalue weighted by molar-refractivity contribution is 6.07. The van der Waals surface area contributed by atoms with Gasteiger partial charge >= 0.3 is 0 Å². The molecule has 0 saturated carbocycles. The maximum atomic E-state index is 12.5. The lowest BCUT2D eigenvalue weighted by atomic mass is 10.0. The molecule has 3 rings (SSSR count). The fourth-order valence-electron chi connectivity index (χ4n) is 4.14. The van der Waals surface area contributed by atoms with Gasteiger partial charge < -0.3 is 9.47 Å². The second-order valence-corrected chi connectivity index (χ2v) is 8.53. The molecule has 1 aromatic heterocycles. The Morgan fingerprint density at radius 2 is 1.72 bits per heavy atom. The molecule has 195 valence electrons. The maximum absolute atomic E-state index is 12.5. The quantitative estimate of drug-likeness (QED) is 0.203. The van der Waals surface area contributed by atoms with Crippen molar-refractivity contribution in [3.05, 3.63) is 69.7 Å². The Hall–Kier alpha value is -3.39. The van der Waals surface area contributed by atoms with Crippen LogP contribution in [0.5, 0.6) is 0 Å². The number of aliphatic imine (C=N–C) groups is 1. The number of pyridine rings is 1. The SMILES string of the molecule is C#CC(=O)/C(C)=C\C.CC.CCN=C(C)/C(C)=C(\C)N1CCC(n2c(=O)ccc3ccccc32)CC1.[H]. The third-order valence-corrected chi connectivity index (χ3v) is 6.55. The Kier molecular flexibility index (Phi) is 13.3. The number of piperidine rings is 1. The van der Waals surface area contributed by atoms with E-state index in [1.807, 2.05) is 42.5 Å². The molecule has 0 aliphatic carbocycles. The molecule has 1 fully saturated rings. The molecule has 0 N–H and O–H groups in total. The van der Waals surface area contributed by atoms with Gasteiger partial charge in [-0.3, -0.25) is 14.6 Å². The van der Waals surface area contributed by atoms with Gasteiger partial charge in [-0.15, -0.1) is 6.42 Å². The van der Waals surface area contributed by atoms with E-state index in [2.05, 4.69) is 49.7 Å². The molecule has 36 heavy (non-hydrogen) atoms. The number of carbonyl (C=O) groups is 1. The first-order valence-electron chi connectivity index (χ1n) is 12.9. The van der Waals surface area contributed by atoms with Gasteiger partial charge in [0.15, 0.2) is 0 Å². The third-order valence-electron chi connectivity index (χ3n) is 6.55. The highest BCUT2D eigenvalue weighted by atomic mass is 16.1. The number of allylic oxidation sites excluding steroid dienone is 4. The van der Waals surface area contributed by atoms with E-state index >= 15 is 0 Å². The van der Waals surface area contributed by atoms with E-state index in [9.17, 15) is 9.59 Å². The summed E-state index contributed by atoms with van der Waals surface area (Å²) < 4.78 is 2.00. The van der Waals surface area contributed by atoms with Gasteiger partial charge in [-0.1, -0.05) is 38.1 Å². The van der Waals surface area contributed by atoms with Crippen molar-refractivity contribution in [3.8, 4) is 12.3 Å². The van der Waals surface area contributed by atoms with Crippen molar-refractivity contribution < 1.29 is 6.22 Å². The molecule has 0 amide bonds. The third kappa shape index (κ3) is 8.09. The van der Waals surface area contributed by atoms with Crippen molar-refractivity contribution in [2.24, 2.45) is 4.99 Å². The minimum atomic E-state index is -0.229. The standard InChI is InChI=1S/C22H29N3O.C7H8O.C2H6.H/c1-5-23-17(3)16(2)18(4)24-14-12-20(13-15-24)25-21-9-7-6-8-19(21)10-11-22(25)26;1-4-6(3)7(8)5-2;1-2;/h6-11,20H,5,12-15H2,1-4H3;2,4H,1,3H3;1-2H3;/b18-16+,23-17?;6-4-;;. The van der Waals surface area contributed by atoms with Crippen LogP contribution in [0.1, 0.15) is 75.7 Å². The molecule has 1 aliphatic rings. The summed E-state index contributed by atoms with van der Waals surface area (Å²) >= 11 is 0. The molecule has 2 heterocycles. The molecule has 5 heteroatoms. The molecule has 0 unspecified atom stereocenters. The summed E-state index contributed by atoms with van der Waals surface area (Å²) in [6.07, 6.45) is 8.48. The van der Waals surface area contributed by atoms with Crippen LogP contribution < -0.4 is 5.56 Å². The number of carbonyl (C=O) groups excluding carboxylic acids is 1. The normalized spacial score (nSPS) is 15.1. The number of para-hydroxylation sites is 1.